The van der Waals surface area contributed by atoms with Crippen molar-refractivity contribution in [3.63, 3.8) is 0 Å². The molecule has 0 saturated carbocycles. The monoisotopic (exact) mass is 393 g/mol. The lowest BCUT2D eigenvalue weighted by molar-refractivity contribution is -0.134. The van der Waals surface area contributed by atoms with Gasteiger partial charge < -0.3 is 19.1 Å². The van der Waals surface area contributed by atoms with Crippen LogP contribution in [0.3, 0.4) is 0 Å². The number of hydrogen-bond donors (Lipinski definition) is 0. The van der Waals surface area contributed by atoms with Crippen LogP contribution in [0.5, 0.6) is 17.2 Å². The first kappa shape index (κ1) is 19.3. The highest BCUT2D eigenvalue weighted by Gasteiger charge is 2.30. The molecule has 0 radical (unpaired) electrons. The summed E-state index contributed by atoms with van der Waals surface area (Å²) in [4.78, 5) is 14.5. The Hall–Kier alpha value is -2.47. The van der Waals surface area contributed by atoms with E-state index in [0.717, 1.165) is 18.4 Å². The molecular formula is C20H21ClFNO4. The maximum absolute atomic E-state index is 13.2. The van der Waals surface area contributed by atoms with E-state index in [4.69, 9.17) is 25.8 Å². The summed E-state index contributed by atoms with van der Waals surface area (Å²) in [6.45, 7) is 0.525. The van der Waals surface area contributed by atoms with Gasteiger partial charge in [-0.25, -0.2) is 4.39 Å². The normalized spacial score (nSPS) is 16.3. The van der Waals surface area contributed by atoms with Crippen LogP contribution in [0.2, 0.25) is 5.02 Å². The molecule has 3 rings (SSSR count). The van der Waals surface area contributed by atoms with Crippen molar-refractivity contribution in [3.8, 4) is 17.2 Å². The van der Waals surface area contributed by atoms with E-state index in [2.05, 4.69) is 0 Å². The zero-order valence-electron chi connectivity index (χ0n) is 15.2. The van der Waals surface area contributed by atoms with Gasteiger partial charge in [-0.15, -0.1) is 0 Å². The number of benzene rings is 2. The Bertz CT molecular complexity index is 830. The Morgan fingerprint density at radius 2 is 1.96 bits per heavy atom. The summed E-state index contributed by atoms with van der Waals surface area (Å²) in [5, 5.41) is -0.0377. The Balaban J connectivity index is 1.70. The van der Waals surface area contributed by atoms with Gasteiger partial charge in [-0.05, 0) is 42.7 Å². The summed E-state index contributed by atoms with van der Waals surface area (Å²) in [7, 11) is 3.17. The second-order valence-electron chi connectivity index (χ2n) is 6.22. The first-order valence-electron chi connectivity index (χ1n) is 8.62. The maximum atomic E-state index is 13.2. The molecule has 1 unspecified atom stereocenters. The van der Waals surface area contributed by atoms with Gasteiger partial charge >= 0.3 is 0 Å². The molecule has 27 heavy (non-hydrogen) atoms. The van der Waals surface area contributed by atoms with E-state index in [9.17, 15) is 9.18 Å². The van der Waals surface area contributed by atoms with Gasteiger partial charge in [0.2, 0.25) is 0 Å². The summed E-state index contributed by atoms with van der Waals surface area (Å²) in [5.41, 5.74) is 0.989. The summed E-state index contributed by atoms with van der Waals surface area (Å²) in [5.74, 6) is 0.980. The van der Waals surface area contributed by atoms with Crippen LogP contribution in [-0.2, 0) is 4.79 Å². The lowest BCUT2D eigenvalue weighted by Crippen LogP contribution is -2.34. The number of halogens is 2. The molecule has 0 spiro atoms. The number of nitrogens with zero attached hydrogens (tertiary/aromatic N) is 1. The van der Waals surface area contributed by atoms with Crippen molar-refractivity contribution in [2.45, 2.75) is 18.9 Å². The van der Waals surface area contributed by atoms with Gasteiger partial charge in [-0.3, -0.25) is 4.79 Å². The van der Waals surface area contributed by atoms with E-state index >= 15 is 0 Å². The van der Waals surface area contributed by atoms with E-state index in [1.807, 2.05) is 18.2 Å². The molecule has 2 aromatic carbocycles. The van der Waals surface area contributed by atoms with Gasteiger partial charge in [0.15, 0.2) is 18.1 Å². The molecule has 0 N–H and O–H groups in total. The van der Waals surface area contributed by atoms with Crippen molar-refractivity contribution in [2.24, 2.45) is 0 Å². The minimum absolute atomic E-state index is 0.0377. The standard InChI is InChI=1S/C20H21ClFNO4/c1-25-18-8-5-13(10-19(18)26-2)17-4-3-9-23(17)20(24)12-27-14-6-7-16(22)15(21)11-14/h5-8,10-11,17H,3-4,9,12H2,1-2H3. The van der Waals surface area contributed by atoms with E-state index in [-0.39, 0.29) is 23.6 Å². The molecule has 1 heterocycles. The zero-order chi connectivity index (χ0) is 19.4. The highest BCUT2D eigenvalue weighted by molar-refractivity contribution is 6.30. The predicted molar refractivity (Wildman–Crippen MR) is 100 cm³/mol. The molecular weight excluding hydrogens is 373 g/mol. The van der Waals surface area contributed by atoms with Crippen LogP contribution < -0.4 is 14.2 Å². The Kier molecular flexibility index (Phi) is 6.06. The lowest BCUT2D eigenvalue weighted by atomic mass is 10.0. The molecule has 0 bridgehead atoms. The topological polar surface area (TPSA) is 48.0 Å². The molecule has 144 valence electrons. The molecule has 1 atom stereocenters. The van der Waals surface area contributed by atoms with Gasteiger partial charge in [0, 0.05) is 12.6 Å². The second kappa shape index (κ2) is 8.48. The molecule has 7 heteroatoms. The highest BCUT2D eigenvalue weighted by Crippen LogP contribution is 2.37. The number of carbonyl (C=O) groups excluding carboxylic acids is 1. The zero-order valence-corrected chi connectivity index (χ0v) is 16.0. The van der Waals surface area contributed by atoms with Crippen LogP contribution in [0.15, 0.2) is 36.4 Å². The van der Waals surface area contributed by atoms with Crippen molar-refractivity contribution in [2.75, 3.05) is 27.4 Å². The fourth-order valence-electron chi connectivity index (χ4n) is 3.27. The molecule has 2 aromatic rings. The number of carbonyl (C=O) groups is 1. The van der Waals surface area contributed by atoms with Crippen LogP contribution in [0.25, 0.3) is 0 Å². The lowest BCUT2D eigenvalue weighted by Gasteiger charge is -2.25. The summed E-state index contributed by atoms with van der Waals surface area (Å²) in [6.07, 6.45) is 1.77. The first-order valence-corrected chi connectivity index (χ1v) is 9.00. The van der Waals surface area contributed by atoms with Gasteiger partial charge in [0.1, 0.15) is 11.6 Å². The molecule has 5 nitrogen and oxygen atoms in total. The Morgan fingerprint density at radius 1 is 1.19 bits per heavy atom. The van der Waals surface area contributed by atoms with Crippen molar-refractivity contribution in [1.82, 2.24) is 4.90 Å². The van der Waals surface area contributed by atoms with Gasteiger partial charge in [-0.1, -0.05) is 17.7 Å². The fraction of sp³-hybridized carbons (Fsp3) is 0.350. The third-order valence-corrected chi connectivity index (χ3v) is 4.91. The Morgan fingerprint density at radius 3 is 2.67 bits per heavy atom. The summed E-state index contributed by atoms with van der Waals surface area (Å²) in [6, 6.07) is 9.66. The van der Waals surface area contributed by atoms with Gasteiger partial charge in [0.05, 0.1) is 25.3 Å². The number of rotatable bonds is 6. The van der Waals surface area contributed by atoms with Gasteiger partial charge in [0.25, 0.3) is 5.91 Å². The summed E-state index contributed by atoms with van der Waals surface area (Å²) >= 11 is 5.74. The maximum Gasteiger partial charge on any atom is 0.261 e. The Labute approximate surface area is 162 Å². The second-order valence-corrected chi connectivity index (χ2v) is 6.63. The SMILES string of the molecule is COc1ccc(C2CCCN2C(=O)COc2ccc(F)c(Cl)c2)cc1OC. The third kappa shape index (κ3) is 4.27. The van der Waals surface area contributed by atoms with Crippen LogP contribution in [-0.4, -0.2) is 38.2 Å². The van der Waals surface area contributed by atoms with Crippen molar-refractivity contribution in [3.05, 3.63) is 52.8 Å². The van der Waals surface area contributed by atoms with Crippen LogP contribution in [0.1, 0.15) is 24.4 Å². The largest absolute Gasteiger partial charge is 0.493 e. The first-order chi connectivity index (χ1) is 13.0. The molecule has 0 aliphatic carbocycles. The number of likely N-dealkylation sites (tertiary alicyclic amines) is 1. The smallest absolute Gasteiger partial charge is 0.261 e. The van der Waals surface area contributed by atoms with Crippen molar-refractivity contribution in [1.29, 1.82) is 0 Å². The van der Waals surface area contributed by atoms with Crippen LogP contribution >= 0.6 is 11.6 Å². The van der Waals surface area contributed by atoms with E-state index in [1.165, 1.54) is 18.2 Å². The number of amides is 1. The summed E-state index contributed by atoms with van der Waals surface area (Å²) < 4.78 is 29.3. The minimum atomic E-state index is -0.525. The third-order valence-electron chi connectivity index (χ3n) is 4.62. The molecule has 1 fully saturated rings. The number of ether oxygens (including phenoxy) is 3. The fourth-order valence-corrected chi connectivity index (χ4v) is 3.44. The number of hydrogen-bond acceptors (Lipinski definition) is 4. The van der Waals surface area contributed by atoms with Crippen LogP contribution in [0, 0.1) is 5.82 Å². The van der Waals surface area contributed by atoms with Crippen LogP contribution in [0.4, 0.5) is 4.39 Å². The van der Waals surface area contributed by atoms with E-state index in [0.29, 0.717) is 23.8 Å². The average molecular weight is 394 g/mol. The van der Waals surface area contributed by atoms with E-state index < -0.39 is 5.82 Å². The van der Waals surface area contributed by atoms with Gasteiger partial charge in [-0.2, -0.15) is 0 Å². The highest BCUT2D eigenvalue weighted by atomic mass is 35.5. The quantitative estimate of drug-likeness (QED) is 0.736. The average Bonchev–Trinajstić information content (AvgIpc) is 3.18. The molecule has 1 aliphatic rings. The predicted octanol–water partition coefficient (Wildman–Crippen LogP) is 4.24. The van der Waals surface area contributed by atoms with Crippen molar-refractivity contribution < 1.29 is 23.4 Å². The molecule has 1 amide bonds. The molecule has 0 aromatic heterocycles. The van der Waals surface area contributed by atoms with Crippen molar-refractivity contribution >= 4 is 17.5 Å². The number of methoxy groups -OCH3 is 2. The minimum Gasteiger partial charge on any atom is -0.493 e. The molecule has 1 aliphatic heterocycles. The molecule has 1 saturated heterocycles. The van der Waals surface area contributed by atoms with E-state index in [1.54, 1.807) is 19.1 Å².